The zero-order chi connectivity index (χ0) is 32.8. The van der Waals surface area contributed by atoms with Crippen molar-refractivity contribution in [3.8, 4) is 56.7 Å². The van der Waals surface area contributed by atoms with Crippen molar-refractivity contribution in [3.05, 3.63) is 180 Å². The van der Waals surface area contributed by atoms with Gasteiger partial charge in [-0.05, 0) is 88.0 Å². The van der Waals surface area contributed by atoms with E-state index in [1.165, 1.54) is 22.3 Å². The van der Waals surface area contributed by atoms with Crippen LogP contribution >= 0.6 is 0 Å². The molecule has 1 spiro atoms. The maximum Gasteiger partial charge on any atom is 0.227 e. The molecule has 0 saturated carbocycles. The van der Waals surface area contributed by atoms with Gasteiger partial charge in [0.05, 0.1) is 5.41 Å². The minimum absolute atomic E-state index is 0.544. The van der Waals surface area contributed by atoms with Gasteiger partial charge in [0, 0.05) is 22.3 Å². The number of ether oxygens (including phenoxy) is 1. The van der Waals surface area contributed by atoms with Crippen LogP contribution in [0.15, 0.2) is 167 Å². The second-order valence-electron chi connectivity index (χ2n) is 12.9. The number of benzene rings is 7. The summed E-state index contributed by atoms with van der Waals surface area (Å²) in [5.74, 6) is 2.83. The fourth-order valence-electron chi connectivity index (χ4n) is 8.16. The molecule has 50 heavy (non-hydrogen) atoms. The van der Waals surface area contributed by atoms with Crippen LogP contribution in [0, 0.1) is 0 Å². The minimum atomic E-state index is -0.561. The molecule has 234 valence electrons. The standard InChI is InChI=1S/C45H26N2O3/c1-2-14-32-31(12-1)42-30(13-11-17-35(42)45(32)33-15-3-7-20-38(33)48-39-21-8-4-16-34(39)45)27-24-28(43-46-36-18-5-9-22-40(36)49-43)26-29(25-27)44-47-37-19-6-10-23-41(37)50-44/h1-26H. The fraction of sp³-hybridized carbons (Fsp3) is 0.0222. The SMILES string of the molecule is c1ccc2c(c1)Oc1ccccc1C21c2ccccc2-c2c(-c3cc(-c4nc5ccccc5o4)cc(-c4nc5ccccc5o4)c3)cccc21. The summed E-state index contributed by atoms with van der Waals surface area (Å²) < 4.78 is 19.2. The predicted octanol–water partition coefficient (Wildman–Crippen LogP) is 11.4. The van der Waals surface area contributed by atoms with Crippen LogP contribution < -0.4 is 4.74 Å². The first-order chi connectivity index (χ1) is 24.8. The molecule has 0 amide bonds. The molecule has 7 aromatic carbocycles. The molecule has 0 unspecified atom stereocenters. The molecule has 5 heteroatoms. The van der Waals surface area contributed by atoms with E-state index >= 15 is 0 Å². The Hall–Kier alpha value is -6.72. The number of oxazole rings is 2. The lowest BCUT2D eigenvalue weighted by Crippen LogP contribution is -2.32. The summed E-state index contributed by atoms with van der Waals surface area (Å²) in [5.41, 5.74) is 13.4. The third kappa shape index (κ3) is 3.71. The first kappa shape index (κ1) is 27.3. The zero-order valence-electron chi connectivity index (χ0n) is 26.6. The van der Waals surface area contributed by atoms with Gasteiger partial charge >= 0.3 is 0 Å². The van der Waals surface area contributed by atoms with Crippen LogP contribution in [0.2, 0.25) is 0 Å². The Labute approximate surface area is 287 Å². The topological polar surface area (TPSA) is 61.3 Å². The fourth-order valence-corrected chi connectivity index (χ4v) is 8.16. The monoisotopic (exact) mass is 642 g/mol. The number of hydrogen-bond donors (Lipinski definition) is 0. The van der Waals surface area contributed by atoms with Gasteiger partial charge in [0.15, 0.2) is 11.2 Å². The Bertz CT molecular complexity index is 2620. The van der Waals surface area contributed by atoms with E-state index in [9.17, 15) is 0 Å². The van der Waals surface area contributed by atoms with Crippen molar-refractivity contribution in [2.45, 2.75) is 5.41 Å². The Morgan fingerprint density at radius 1 is 0.400 bits per heavy atom. The van der Waals surface area contributed by atoms with Crippen LogP contribution in [0.4, 0.5) is 0 Å². The van der Waals surface area contributed by atoms with Crippen LogP contribution in [-0.2, 0) is 5.41 Å². The molecule has 0 saturated heterocycles. The lowest BCUT2D eigenvalue weighted by Gasteiger charge is -2.39. The van der Waals surface area contributed by atoms with E-state index in [-0.39, 0.29) is 0 Å². The number of aromatic nitrogens is 2. The average molecular weight is 643 g/mol. The molecule has 3 heterocycles. The second-order valence-corrected chi connectivity index (χ2v) is 12.9. The highest BCUT2D eigenvalue weighted by Crippen LogP contribution is 2.63. The summed E-state index contributed by atoms with van der Waals surface area (Å²) >= 11 is 0. The Morgan fingerprint density at radius 2 is 0.880 bits per heavy atom. The molecule has 0 atom stereocenters. The van der Waals surface area contributed by atoms with Gasteiger partial charge in [0.2, 0.25) is 11.8 Å². The molecule has 1 aliphatic carbocycles. The van der Waals surface area contributed by atoms with Gasteiger partial charge in [-0.25, -0.2) is 9.97 Å². The highest BCUT2D eigenvalue weighted by molar-refractivity contribution is 5.97. The molecule has 0 N–H and O–H groups in total. The Morgan fingerprint density at radius 3 is 1.50 bits per heavy atom. The minimum Gasteiger partial charge on any atom is -0.457 e. The summed E-state index contributed by atoms with van der Waals surface area (Å²) in [6.07, 6.45) is 0. The molecule has 0 fully saturated rings. The van der Waals surface area contributed by atoms with E-state index in [0.29, 0.717) is 11.8 Å². The summed E-state index contributed by atoms with van der Waals surface area (Å²) in [7, 11) is 0. The maximum atomic E-state index is 6.55. The number of para-hydroxylation sites is 6. The largest absolute Gasteiger partial charge is 0.457 e. The van der Waals surface area contributed by atoms with Gasteiger partial charge in [-0.1, -0.05) is 103 Å². The first-order valence-corrected chi connectivity index (χ1v) is 16.7. The third-order valence-corrected chi connectivity index (χ3v) is 10.2. The molecule has 11 rings (SSSR count). The second kappa shape index (κ2) is 10.1. The van der Waals surface area contributed by atoms with E-state index in [1.807, 2.05) is 60.7 Å². The van der Waals surface area contributed by atoms with E-state index < -0.39 is 5.41 Å². The van der Waals surface area contributed by atoms with Crippen molar-refractivity contribution in [2.75, 3.05) is 0 Å². The van der Waals surface area contributed by atoms with Gasteiger partial charge in [-0.15, -0.1) is 0 Å². The van der Waals surface area contributed by atoms with Gasteiger partial charge in [-0.3, -0.25) is 0 Å². The summed E-state index contributed by atoms with van der Waals surface area (Å²) in [6.45, 7) is 0. The van der Waals surface area contributed by atoms with E-state index in [4.69, 9.17) is 23.5 Å². The highest BCUT2D eigenvalue weighted by Gasteiger charge is 2.51. The zero-order valence-corrected chi connectivity index (χ0v) is 26.6. The molecule has 2 aliphatic rings. The molecule has 2 aromatic heterocycles. The van der Waals surface area contributed by atoms with Crippen molar-refractivity contribution >= 4 is 22.2 Å². The number of fused-ring (bicyclic) bond motifs is 11. The third-order valence-electron chi connectivity index (χ3n) is 10.2. The van der Waals surface area contributed by atoms with Gasteiger partial charge in [0.25, 0.3) is 0 Å². The van der Waals surface area contributed by atoms with Crippen LogP contribution in [0.1, 0.15) is 22.3 Å². The van der Waals surface area contributed by atoms with Crippen LogP contribution in [0.3, 0.4) is 0 Å². The molecular weight excluding hydrogens is 617 g/mol. The van der Waals surface area contributed by atoms with Crippen LogP contribution in [0.25, 0.3) is 67.4 Å². The molecule has 1 aliphatic heterocycles. The predicted molar refractivity (Wildman–Crippen MR) is 195 cm³/mol. The molecule has 9 aromatic rings. The van der Waals surface area contributed by atoms with Crippen molar-refractivity contribution < 1.29 is 13.6 Å². The number of nitrogens with zero attached hydrogens (tertiary/aromatic N) is 2. The van der Waals surface area contributed by atoms with Gasteiger partial charge < -0.3 is 13.6 Å². The number of rotatable bonds is 3. The molecular formula is C45H26N2O3. The van der Waals surface area contributed by atoms with Crippen LogP contribution in [-0.4, -0.2) is 9.97 Å². The normalized spacial score (nSPS) is 13.5. The maximum absolute atomic E-state index is 6.55. The van der Waals surface area contributed by atoms with Crippen molar-refractivity contribution in [1.82, 2.24) is 9.97 Å². The summed E-state index contributed by atoms with van der Waals surface area (Å²) in [4.78, 5) is 9.78. The van der Waals surface area contributed by atoms with Crippen LogP contribution in [0.5, 0.6) is 11.5 Å². The van der Waals surface area contributed by atoms with Crippen molar-refractivity contribution in [1.29, 1.82) is 0 Å². The lowest BCUT2D eigenvalue weighted by atomic mass is 9.66. The quantitative estimate of drug-likeness (QED) is 0.192. The summed E-state index contributed by atoms with van der Waals surface area (Å²) in [5, 5.41) is 0. The smallest absolute Gasteiger partial charge is 0.227 e. The van der Waals surface area contributed by atoms with E-state index in [2.05, 4.69) is 97.1 Å². The molecule has 5 nitrogen and oxygen atoms in total. The average Bonchev–Trinajstić information content (AvgIpc) is 3.89. The number of hydrogen-bond acceptors (Lipinski definition) is 5. The highest BCUT2D eigenvalue weighted by atomic mass is 16.5. The summed E-state index contributed by atoms with van der Waals surface area (Å²) in [6, 6.07) is 54.5. The van der Waals surface area contributed by atoms with Gasteiger partial charge in [-0.2, -0.15) is 0 Å². The molecule has 0 radical (unpaired) electrons. The van der Waals surface area contributed by atoms with Gasteiger partial charge in [0.1, 0.15) is 22.5 Å². The Balaban J connectivity index is 1.21. The van der Waals surface area contributed by atoms with Crippen molar-refractivity contribution in [3.63, 3.8) is 0 Å². The van der Waals surface area contributed by atoms with Crippen molar-refractivity contribution in [2.24, 2.45) is 0 Å². The lowest BCUT2D eigenvalue weighted by molar-refractivity contribution is 0.436. The van der Waals surface area contributed by atoms with E-state index in [1.54, 1.807) is 0 Å². The first-order valence-electron chi connectivity index (χ1n) is 16.7. The Kier molecular flexibility index (Phi) is 5.53. The molecule has 0 bridgehead atoms. The van der Waals surface area contributed by atoms with E-state index in [0.717, 1.165) is 67.1 Å².